The van der Waals surface area contributed by atoms with E-state index in [2.05, 4.69) is 20.4 Å². The third-order valence-electron chi connectivity index (χ3n) is 2.68. The summed E-state index contributed by atoms with van der Waals surface area (Å²) in [5, 5.41) is 21.0. The lowest BCUT2D eigenvalue weighted by molar-refractivity contribution is 0.0696. The highest BCUT2D eigenvalue weighted by Crippen LogP contribution is 2.16. The van der Waals surface area contributed by atoms with Crippen LogP contribution >= 0.6 is 11.6 Å². The molecule has 1 aromatic carbocycles. The van der Waals surface area contributed by atoms with Crippen LogP contribution in [0.1, 0.15) is 10.4 Å². The molecule has 0 amide bonds. The monoisotopic (exact) mass is 301 g/mol. The molecular formula is C13H8ClN5O2. The Morgan fingerprint density at radius 1 is 1.19 bits per heavy atom. The maximum absolute atomic E-state index is 11.0. The quantitative estimate of drug-likeness (QED) is 0.744. The van der Waals surface area contributed by atoms with Crippen molar-refractivity contribution in [3.8, 4) is 17.2 Å². The highest BCUT2D eigenvalue weighted by Gasteiger charge is 2.12. The van der Waals surface area contributed by atoms with Crippen molar-refractivity contribution in [1.82, 2.24) is 25.2 Å². The molecule has 0 saturated heterocycles. The number of carboxylic acid groups (broad SMARTS) is 1. The maximum Gasteiger partial charge on any atom is 0.335 e. The molecule has 0 bridgehead atoms. The van der Waals surface area contributed by atoms with E-state index in [1.807, 2.05) is 30.3 Å². The van der Waals surface area contributed by atoms with Crippen molar-refractivity contribution < 1.29 is 9.90 Å². The fourth-order valence-electron chi connectivity index (χ4n) is 1.72. The van der Waals surface area contributed by atoms with E-state index in [1.165, 1.54) is 12.1 Å². The van der Waals surface area contributed by atoms with E-state index < -0.39 is 5.97 Å². The van der Waals surface area contributed by atoms with Gasteiger partial charge in [0.2, 0.25) is 5.82 Å². The van der Waals surface area contributed by atoms with Crippen molar-refractivity contribution >= 4 is 17.6 Å². The predicted octanol–water partition coefficient (Wildman–Crippen LogP) is 2.08. The fraction of sp³-hybridized carbons (Fsp3) is 0. The third-order valence-corrected chi connectivity index (χ3v) is 2.87. The average Bonchev–Trinajstić information content (AvgIpc) is 2.97. The number of carboxylic acids is 1. The first kappa shape index (κ1) is 13.2. The van der Waals surface area contributed by atoms with Gasteiger partial charge < -0.3 is 5.11 Å². The van der Waals surface area contributed by atoms with E-state index in [-0.39, 0.29) is 16.5 Å². The molecule has 2 aromatic heterocycles. The second kappa shape index (κ2) is 5.29. The van der Waals surface area contributed by atoms with Crippen LogP contribution in [-0.4, -0.2) is 36.3 Å². The lowest BCUT2D eigenvalue weighted by Gasteiger charge is -2.00. The standard InChI is InChI=1S/C13H8ClN5O2/c14-10-6-9(13(20)21)7-11(15-10)19-17-12(16-18-19)8-4-2-1-3-5-8/h1-7H,(H,20,21). The topological polar surface area (TPSA) is 93.8 Å². The lowest BCUT2D eigenvalue weighted by atomic mass is 10.2. The summed E-state index contributed by atoms with van der Waals surface area (Å²) in [5.41, 5.74) is 0.799. The van der Waals surface area contributed by atoms with Gasteiger partial charge in [0, 0.05) is 5.56 Å². The summed E-state index contributed by atoms with van der Waals surface area (Å²) in [6.45, 7) is 0. The minimum atomic E-state index is -1.11. The van der Waals surface area contributed by atoms with Gasteiger partial charge in [0.1, 0.15) is 5.15 Å². The van der Waals surface area contributed by atoms with E-state index in [0.717, 1.165) is 10.4 Å². The largest absolute Gasteiger partial charge is 0.478 e. The van der Waals surface area contributed by atoms with Gasteiger partial charge in [-0.2, -0.15) is 0 Å². The van der Waals surface area contributed by atoms with E-state index >= 15 is 0 Å². The van der Waals surface area contributed by atoms with Gasteiger partial charge in [0.05, 0.1) is 5.56 Å². The maximum atomic E-state index is 11.0. The summed E-state index contributed by atoms with van der Waals surface area (Å²) in [6, 6.07) is 11.9. The zero-order chi connectivity index (χ0) is 14.8. The van der Waals surface area contributed by atoms with Gasteiger partial charge in [-0.1, -0.05) is 41.9 Å². The van der Waals surface area contributed by atoms with Crippen molar-refractivity contribution in [1.29, 1.82) is 0 Å². The van der Waals surface area contributed by atoms with Gasteiger partial charge in [0.25, 0.3) is 0 Å². The summed E-state index contributed by atoms with van der Waals surface area (Å²) < 4.78 is 0. The average molecular weight is 302 g/mol. The Kier molecular flexibility index (Phi) is 3.33. The number of rotatable bonds is 3. The van der Waals surface area contributed by atoms with Gasteiger partial charge in [-0.05, 0) is 17.3 Å². The molecule has 0 aliphatic carbocycles. The summed E-state index contributed by atoms with van der Waals surface area (Å²) in [5.74, 6) is -0.507. The molecule has 0 saturated carbocycles. The van der Waals surface area contributed by atoms with E-state index in [4.69, 9.17) is 16.7 Å². The molecule has 21 heavy (non-hydrogen) atoms. The Balaban J connectivity index is 2.02. The first-order chi connectivity index (χ1) is 10.1. The minimum Gasteiger partial charge on any atom is -0.478 e. The van der Waals surface area contributed by atoms with E-state index in [0.29, 0.717) is 5.82 Å². The lowest BCUT2D eigenvalue weighted by Crippen LogP contribution is -2.06. The molecule has 104 valence electrons. The number of benzene rings is 1. The Bertz CT molecular complexity index is 803. The second-order valence-corrected chi connectivity index (χ2v) is 4.50. The molecule has 2 heterocycles. The SMILES string of the molecule is O=C(O)c1cc(Cl)nc(-n2nnc(-c3ccccc3)n2)c1. The van der Waals surface area contributed by atoms with Crippen molar-refractivity contribution in [2.24, 2.45) is 0 Å². The second-order valence-electron chi connectivity index (χ2n) is 4.11. The first-order valence-electron chi connectivity index (χ1n) is 5.90. The third kappa shape index (κ3) is 2.72. The van der Waals surface area contributed by atoms with Gasteiger partial charge >= 0.3 is 5.97 Å². The van der Waals surface area contributed by atoms with Gasteiger partial charge in [-0.25, -0.2) is 9.78 Å². The number of nitrogens with zero attached hydrogens (tertiary/aromatic N) is 5. The van der Waals surface area contributed by atoms with Crippen LogP contribution in [0.4, 0.5) is 0 Å². The van der Waals surface area contributed by atoms with Crippen LogP contribution in [0.15, 0.2) is 42.5 Å². The molecule has 3 rings (SSSR count). The van der Waals surface area contributed by atoms with Crippen LogP contribution in [0.5, 0.6) is 0 Å². The first-order valence-corrected chi connectivity index (χ1v) is 6.28. The molecule has 8 heteroatoms. The Morgan fingerprint density at radius 3 is 2.67 bits per heavy atom. The number of carbonyl (C=O) groups is 1. The highest BCUT2D eigenvalue weighted by atomic mass is 35.5. The van der Waals surface area contributed by atoms with Crippen molar-refractivity contribution in [2.75, 3.05) is 0 Å². The molecule has 0 aliphatic rings. The Morgan fingerprint density at radius 2 is 1.95 bits per heavy atom. The molecule has 7 nitrogen and oxygen atoms in total. The zero-order valence-electron chi connectivity index (χ0n) is 10.5. The zero-order valence-corrected chi connectivity index (χ0v) is 11.3. The van der Waals surface area contributed by atoms with Crippen molar-refractivity contribution in [3.63, 3.8) is 0 Å². The number of aromatic nitrogens is 5. The predicted molar refractivity (Wildman–Crippen MR) is 74.4 cm³/mol. The Labute approximate surface area is 123 Å². The summed E-state index contributed by atoms with van der Waals surface area (Å²) >= 11 is 5.80. The fourth-order valence-corrected chi connectivity index (χ4v) is 1.93. The molecule has 0 radical (unpaired) electrons. The van der Waals surface area contributed by atoms with E-state index in [9.17, 15) is 4.79 Å². The van der Waals surface area contributed by atoms with Crippen LogP contribution in [0.3, 0.4) is 0 Å². The van der Waals surface area contributed by atoms with Gasteiger partial charge in [-0.3, -0.25) is 0 Å². The summed E-state index contributed by atoms with van der Waals surface area (Å²) in [4.78, 5) is 16.1. The molecule has 1 N–H and O–H groups in total. The van der Waals surface area contributed by atoms with Crippen LogP contribution in [0.25, 0.3) is 17.2 Å². The number of pyridine rings is 1. The van der Waals surface area contributed by atoms with Crippen LogP contribution in [-0.2, 0) is 0 Å². The number of tetrazole rings is 1. The molecule has 0 unspecified atom stereocenters. The molecule has 0 spiro atoms. The van der Waals surface area contributed by atoms with Crippen LogP contribution < -0.4 is 0 Å². The van der Waals surface area contributed by atoms with Gasteiger partial charge in [0.15, 0.2) is 5.82 Å². The molecule has 0 fully saturated rings. The van der Waals surface area contributed by atoms with Crippen molar-refractivity contribution in [3.05, 3.63) is 53.2 Å². The highest BCUT2D eigenvalue weighted by molar-refractivity contribution is 6.29. The van der Waals surface area contributed by atoms with Crippen molar-refractivity contribution in [2.45, 2.75) is 0 Å². The smallest absolute Gasteiger partial charge is 0.335 e. The number of aromatic carboxylic acids is 1. The molecular weight excluding hydrogens is 294 g/mol. The van der Waals surface area contributed by atoms with Gasteiger partial charge in [-0.15, -0.1) is 15.0 Å². The molecule has 3 aromatic rings. The Hall–Kier alpha value is -2.80. The molecule has 0 aliphatic heterocycles. The van der Waals surface area contributed by atoms with Crippen LogP contribution in [0, 0.1) is 0 Å². The number of hydrogen-bond donors (Lipinski definition) is 1. The summed E-state index contributed by atoms with van der Waals surface area (Å²) in [7, 11) is 0. The minimum absolute atomic E-state index is 0.00330. The summed E-state index contributed by atoms with van der Waals surface area (Å²) in [6.07, 6.45) is 0. The number of halogens is 1. The molecule has 0 atom stereocenters. The van der Waals surface area contributed by atoms with Crippen LogP contribution in [0.2, 0.25) is 5.15 Å². The van der Waals surface area contributed by atoms with E-state index in [1.54, 1.807) is 0 Å². The number of hydrogen-bond acceptors (Lipinski definition) is 5. The normalized spacial score (nSPS) is 10.5.